The van der Waals surface area contributed by atoms with Gasteiger partial charge in [-0.1, -0.05) is 13.3 Å². The number of hydrogen-bond acceptors (Lipinski definition) is 2. The molecule has 2 N–H and O–H groups in total. The van der Waals surface area contributed by atoms with Gasteiger partial charge >= 0.3 is 0 Å². The number of nitrogens with zero attached hydrogens (tertiary/aromatic N) is 1. The molecule has 0 radical (unpaired) electrons. The van der Waals surface area contributed by atoms with Crippen molar-refractivity contribution in [3.05, 3.63) is 35.1 Å². The predicted molar refractivity (Wildman–Crippen MR) is 72.7 cm³/mol. The van der Waals surface area contributed by atoms with E-state index >= 15 is 0 Å². The highest BCUT2D eigenvalue weighted by Gasteiger charge is 2.30. The Morgan fingerprint density at radius 3 is 2.40 bits per heavy atom. The van der Waals surface area contributed by atoms with Crippen LogP contribution in [0.5, 0.6) is 0 Å². The molecule has 1 fully saturated rings. The fourth-order valence-electron chi connectivity index (χ4n) is 3.15. The van der Waals surface area contributed by atoms with Crippen LogP contribution in [0.3, 0.4) is 0 Å². The largest absolute Gasteiger partial charge is 0.330 e. The minimum atomic E-state index is -1.41. The van der Waals surface area contributed by atoms with Crippen LogP contribution in [0, 0.1) is 23.4 Å². The lowest BCUT2D eigenvalue weighted by molar-refractivity contribution is 0.165. The Hall–Kier alpha value is -1.07. The summed E-state index contributed by atoms with van der Waals surface area (Å²) in [4.78, 5) is 2.18. The van der Waals surface area contributed by atoms with Gasteiger partial charge in [-0.05, 0) is 56.1 Å². The molecule has 2 rings (SSSR count). The quantitative estimate of drug-likeness (QED) is 0.864. The van der Waals surface area contributed by atoms with Crippen LogP contribution in [-0.4, -0.2) is 24.5 Å². The number of likely N-dealkylation sites (tertiary alicyclic amines) is 1. The van der Waals surface area contributed by atoms with Gasteiger partial charge < -0.3 is 5.73 Å². The second kappa shape index (κ2) is 6.59. The van der Waals surface area contributed by atoms with Gasteiger partial charge in [0.15, 0.2) is 17.5 Å². The van der Waals surface area contributed by atoms with E-state index in [0.717, 1.165) is 44.5 Å². The molecule has 0 aliphatic carbocycles. The lowest BCUT2D eigenvalue weighted by atomic mass is 9.89. The van der Waals surface area contributed by atoms with Gasteiger partial charge in [-0.2, -0.15) is 0 Å². The highest BCUT2D eigenvalue weighted by molar-refractivity contribution is 5.24. The van der Waals surface area contributed by atoms with Gasteiger partial charge in [0.1, 0.15) is 0 Å². The van der Waals surface area contributed by atoms with E-state index in [1.807, 2.05) is 6.92 Å². The summed E-state index contributed by atoms with van der Waals surface area (Å²) in [6, 6.07) is 2.08. The number of nitrogens with two attached hydrogens (primary N) is 1. The van der Waals surface area contributed by atoms with E-state index in [-0.39, 0.29) is 12.0 Å². The van der Waals surface area contributed by atoms with Crippen molar-refractivity contribution in [3.63, 3.8) is 0 Å². The zero-order valence-corrected chi connectivity index (χ0v) is 11.7. The average Bonchev–Trinajstić information content (AvgIpc) is 2.65. The van der Waals surface area contributed by atoms with E-state index in [0.29, 0.717) is 12.1 Å². The maximum absolute atomic E-state index is 13.5. The molecule has 112 valence electrons. The van der Waals surface area contributed by atoms with E-state index in [4.69, 9.17) is 5.73 Å². The van der Waals surface area contributed by atoms with E-state index < -0.39 is 17.5 Å². The Bertz CT molecular complexity index is 427. The smallest absolute Gasteiger partial charge is 0.194 e. The number of benzene rings is 1. The summed E-state index contributed by atoms with van der Waals surface area (Å²) in [5.74, 6) is -3.52. The molecule has 1 saturated heterocycles. The second-order valence-electron chi connectivity index (χ2n) is 5.36. The normalized spacial score (nSPS) is 24.6. The molecule has 1 aromatic rings. The van der Waals surface area contributed by atoms with Crippen LogP contribution in [-0.2, 0) is 0 Å². The summed E-state index contributed by atoms with van der Waals surface area (Å²) >= 11 is 0. The lowest BCUT2D eigenvalue weighted by Crippen LogP contribution is -2.35. The Balaban J connectivity index is 2.43. The van der Waals surface area contributed by atoms with Crippen LogP contribution in [0.15, 0.2) is 12.1 Å². The Morgan fingerprint density at radius 1 is 1.20 bits per heavy atom. The summed E-state index contributed by atoms with van der Waals surface area (Å²) in [5, 5.41) is 0. The highest BCUT2D eigenvalue weighted by atomic mass is 19.2. The maximum Gasteiger partial charge on any atom is 0.194 e. The van der Waals surface area contributed by atoms with Crippen molar-refractivity contribution in [2.24, 2.45) is 11.7 Å². The van der Waals surface area contributed by atoms with Crippen molar-refractivity contribution < 1.29 is 13.2 Å². The first kappa shape index (κ1) is 15.3. The van der Waals surface area contributed by atoms with E-state index in [1.165, 1.54) is 0 Å². The minimum Gasteiger partial charge on any atom is -0.330 e. The first-order valence-electron chi connectivity index (χ1n) is 7.17. The van der Waals surface area contributed by atoms with Gasteiger partial charge in [0, 0.05) is 6.04 Å². The first-order valence-corrected chi connectivity index (χ1v) is 7.17. The van der Waals surface area contributed by atoms with Crippen LogP contribution >= 0.6 is 0 Å². The third-order valence-electron chi connectivity index (χ3n) is 4.17. The molecular weight excluding hydrogens is 265 g/mol. The Kier molecular flexibility index (Phi) is 5.05. The first-order chi connectivity index (χ1) is 9.58. The monoisotopic (exact) mass is 286 g/mol. The summed E-state index contributed by atoms with van der Waals surface area (Å²) in [6.07, 6.45) is 3.03. The van der Waals surface area contributed by atoms with Gasteiger partial charge in [0.05, 0.1) is 0 Å². The van der Waals surface area contributed by atoms with Crippen molar-refractivity contribution in [1.82, 2.24) is 4.90 Å². The molecule has 1 heterocycles. The van der Waals surface area contributed by atoms with E-state index in [1.54, 1.807) is 0 Å². The van der Waals surface area contributed by atoms with Crippen molar-refractivity contribution >= 4 is 0 Å². The average molecular weight is 286 g/mol. The Morgan fingerprint density at radius 2 is 1.85 bits per heavy atom. The topological polar surface area (TPSA) is 29.3 Å². The molecule has 0 saturated carbocycles. The summed E-state index contributed by atoms with van der Waals surface area (Å²) in [6.45, 7) is 4.13. The summed E-state index contributed by atoms with van der Waals surface area (Å²) in [7, 11) is 0. The second-order valence-corrected chi connectivity index (χ2v) is 5.36. The number of halogens is 3. The van der Waals surface area contributed by atoms with Crippen LogP contribution < -0.4 is 5.73 Å². The molecule has 0 spiro atoms. The van der Waals surface area contributed by atoms with Gasteiger partial charge in [0.2, 0.25) is 0 Å². The zero-order valence-electron chi connectivity index (χ0n) is 11.7. The van der Waals surface area contributed by atoms with Crippen LogP contribution in [0.1, 0.15) is 37.8 Å². The zero-order chi connectivity index (χ0) is 14.7. The van der Waals surface area contributed by atoms with Crippen LogP contribution in [0.4, 0.5) is 13.2 Å². The number of rotatable bonds is 3. The van der Waals surface area contributed by atoms with E-state index in [2.05, 4.69) is 4.90 Å². The van der Waals surface area contributed by atoms with Crippen molar-refractivity contribution in [3.8, 4) is 0 Å². The van der Waals surface area contributed by atoms with Gasteiger partial charge in [-0.15, -0.1) is 0 Å². The third-order valence-corrected chi connectivity index (χ3v) is 4.17. The Labute approximate surface area is 117 Å². The third kappa shape index (κ3) is 2.99. The number of hydrogen-bond donors (Lipinski definition) is 1. The summed E-state index contributed by atoms with van der Waals surface area (Å²) < 4.78 is 40.1. The molecule has 1 aliphatic heterocycles. The predicted octanol–water partition coefficient (Wildman–Crippen LogP) is 3.23. The molecule has 0 bridgehead atoms. The van der Waals surface area contributed by atoms with Gasteiger partial charge in [0.25, 0.3) is 0 Å². The molecular formula is C15H21F3N2. The van der Waals surface area contributed by atoms with Crippen molar-refractivity contribution in [1.29, 1.82) is 0 Å². The fraction of sp³-hybridized carbons (Fsp3) is 0.600. The summed E-state index contributed by atoms with van der Waals surface area (Å²) in [5.41, 5.74) is 6.32. The highest BCUT2D eigenvalue weighted by Crippen LogP contribution is 2.35. The molecule has 20 heavy (non-hydrogen) atoms. The molecule has 5 heteroatoms. The molecule has 2 unspecified atom stereocenters. The molecule has 2 atom stereocenters. The maximum atomic E-state index is 13.5. The lowest BCUT2D eigenvalue weighted by Gasteiger charge is -2.34. The van der Waals surface area contributed by atoms with Crippen molar-refractivity contribution in [2.45, 2.75) is 32.2 Å². The molecule has 2 nitrogen and oxygen atoms in total. The molecule has 1 aromatic carbocycles. The standard InChI is InChI=1S/C15H21F3N2/c1-2-20-6-4-3-5-10(9-19)15(20)11-7-12(16)14(18)13(17)8-11/h7-8,10,15H,2-6,9,19H2,1H3. The molecule has 1 aliphatic rings. The molecule has 0 aromatic heterocycles. The SMILES string of the molecule is CCN1CCCCC(CN)C1c1cc(F)c(F)c(F)c1. The van der Waals surface area contributed by atoms with Gasteiger partial charge in [-0.25, -0.2) is 13.2 Å². The van der Waals surface area contributed by atoms with Gasteiger partial charge in [-0.3, -0.25) is 4.90 Å². The van der Waals surface area contributed by atoms with Crippen LogP contribution in [0.25, 0.3) is 0 Å². The molecule has 0 amide bonds. The van der Waals surface area contributed by atoms with Crippen LogP contribution in [0.2, 0.25) is 0 Å². The van der Waals surface area contributed by atoms with Crippen molar-refractivity contribution in [2.75, 3.05) is 19.6 Å². The fourth-order valence-corrected chi connectivity index (χ4v) is 3.15. The van der Waals surface area contributed by atoms with E-state index in [9.17, 15) is 13.2 Å². The minimum absolute atomic E-state index is 0.140.